The normalized spacial score (nSPS) is 18.2. The van der Waals surface area contributed by atoms with E-state index in [0.717, 1.165) is 0 Å². The first-order valence-electron chi connectivity index (χ1n) is 6.28. The van der Waals surface area contributed by atoms with Crippen LogP contribution in [0.2, 0.25) is 0 Å². The molecular weight excluding hydrogens is 246 g/mol. The second kappa shape index (κ2) is 5.30. The lowest BCUT2D eigenvalue weighted by Gasteiger charge is -2.34. The Labute approximate surface area is 111 Å². The molecule has 0 saturated carbocycles. The zero-order chi connectivity index (χ0) is 14.0. The van der Waals surface area contributed by atoms with Gasteiger partial charge in [-0.3, -0.25) is 9.59 Å². The summed E-state index contributed by atoms with van der Waals surface area (Å²) in [5.74, 6) is -0.466. The van der Waals surface area contributed by atoms with Crippen LogP contribution in [0.3, 0.4) is 0 Å². The van der Waals surface area contributed by atoms with Gasteiger partial charge >= 0.3 is 5.97 Å². The van der Waals surface area contributed by atoms with Crippen LogP contribution < -0.4 is 9.64 Å². The Morgan fingerprint density at radius 1 is 1.42 bits per heavy atom. The Hall–Kier alpha value is -2.04. The first-order valence-corrected chi connectivity index (χ1v) is 6.28. The molecule has 1 aliphatic heterocycles. The highest BCUT2D eigenvalue weighted by Crippen LogP contribution is 2.34. The number of benzene rings is 1. The fraction of sp³-hybridized carbons (Fsp3) is 0.429. The first kappa shape index (κ1) is 13.4. The average molecular weight is 263 g/mol. The van der Waals surface area contributed by atoms with Crippen LogP contribution in [-0.2, 0) is 9.59 Å². The van der Waals surface area contributed by atoms with Crippen molar-refractivity contribution < 1.29 is 19.4 Å². The van der Waals surface area contributed by atoms with Gasteiger partial charge in [0.05, 0.1) is 12.1 Å². The van der Waals surface area contributed by atoms with Crippen LogP contribution in [0.1, 0.15) is 20.3 Å². The highest BCUT2D eigenvalue weighted by molar-refractivity contribution is 6.01. The van der Waals surface area contributed by atoms with Crippen molar-refractivity contribution in [3.8, 4) is 5.75 Å². The lowest BCUT2D eigenvalue weighted by atomic mass is 10.1. The average Bonchev–Trinajstić information content (AvgIpc) is 2.33. The number of anilines is 1. The van der Waals surface area contributed by atoms with Gasteiger partial charge in [0.1, 0.15) is 5.75 Å². The Balaban J connectivity index is 2.34. The van der Waals surface area contributed by atoms with Crippen LogP contribution in [0.5, 0.6) is 5.75 Å². The molecule has 1 aromatic rings. The van der Waals surface area contributed by atoms with Crippen molar-refractivity contribution >= 4 is 17.6 Å². The molecule has 1 N–H and O–H groups in total. The maximum Gasteiger partial charge on any atom is 0.307 e. The van der Waals surface area contributed by atoms with Crippen molar-refractivity contribution in [1.29, 1.82) is 0 Å². The third-order valence-corrected chi connectivity index (χ3v) is 2.87. The maximum atomic E-state index is 12.3. The van der Waals surface area contributed by atoms with Gasteiger partial charge in [-0.05, 0) is 18.1 Å². The molecule has 0 bridgehead atoms. The van der Waals surface area contributed by atoms with Crippen molar-refractivity contribution in [3.63, 3.8) is 0 Å². The molecule has 1 amide bonds. The number of carboxylic acids is 1. The SMILES string of the molecule is CC(C)CN1C(=O)C(CC(=O)O)Oc2ccccc21. The van der Waals surface area contributed by atoms with Gasteiger partial charge in [-0.15, -0.1) is 0 Å². The van der Waals surface area contributed by atoms with Crippen LogP contribution in [0, 0.1) is 5.92 Å². The Morgan fingerprint density at radius 2 is 2.11 bits per heavy atom. The number of fused-ring (bicyclic) bond motifs is 1. The van der Waals surface area contributed by atoms with E-state index in [-0.39, 0.29) is 12.3 Å². The van der Waals surface area contributed by atoms with Gasteiger partial charge in [0.15, 0.2) is 6.10 Å². The van der Waals surface area contributed by atoms with Crippen molar-refractivity contribution in [2.75, 3.05) is 11.4 Å². The molecular formula is C14H17NO4. The number of carboxylic acid groups (broad SMARTS) is 1. The summed E-state index contributed by atoms with van der Waals surface area (Å²) >= 11 is 0. The Kier molecular flexibility index (Phi) is 3.74. The van der Waals surface area contributed by atoms with E-state index < -0.39 is 12.1 Å². The first-order chi connectivity index (χ1) is 8.99. The van der Waals surface area contributed by atoms with Crippen LogP contribution >= 0.6 is 0 Å². The summed E-state index contributed by atoms with van der Waals surface area (Å²) in [5, 5.41) is 8.85. The summed E-state index contributed by atoms with van der Waals surface area (Å²) in [6, 6.07) is 7.21. The van der Waals surface area contributed by atoms with Crippen LogP contribution in [0.25, 0.3) is 0 Å². The minimum absolute atomic E-state index is 0.283. The van der Waals surface area contributed by atoms with E-state index in [1.165, 1.54) is 0 Å². The zero-order valence-electron chi connectivity index (χ0n) is 11.0. The summed E-state index contributed by atoms with van der Waals surface area (Å²) < 4.78 is 5.49. The Bertz CT molecular complexity index is 498. The second-order valence-electron chi connectivity index (χ2n) is 5.01. The number of aliphatic carboxylic acids is 1. The van der Waals surface area contributed by atoms with Gasteiger partial charge in [-0.1, -0.05) is 26.0 Å². The highest BCUT2D eigenvalue weighted by Gasteiger charge is 2.35. The van der Waals surface area contributed by atoms with Gasteiger partial charge < -0.3 is 14.7 Å². The molecule has 0 spiro atoms. The number of ether oxygens (including phenoxy) is 1. The van der Waals surface area contributed by atoms with E-state index in [1.54, 1.807) is 17.0 Å². The highest BCUT2D eigenvalue weighted by atomic mass is 16.5. The molecule has 2 rings (SSSR count). The summed E-state index contributed by atoms with van der Waals surface area (Å²) in [6.07, 6.45) is -1.26. The minimum atomic E-state index is -1.04. The predicted molar refractivity (Wildman–Crippen MR) is 70.3 cm³/mol. The standard InChI is InChI=1S/C14H17NO4/c1-9(2)8-15-10-5-3-4-6-11(10)19-12(14(15)18)7-13(16)17/h3-6,9,12H,7-8H2,1-2H3,(H,16,17). The molecule has 102 valence electrons. The van der Waals surface area contributed by atoms with E-state index in [4.69, 9.17) is 9.84 Å². The molecule has 1 unspecified atom stereocenters. The quantitative estimate of drug-likeness (QED) is 0.901. The fourth-order valence-corrected chi connectivity index (χ4v) is 2.12. The van der Waals surface area contributed by atoms with Crippen molar-refractivity contribution in [1.82, 2.24) is 0 Å². The third-order valence-electron chi connectivity index (χ3n) is 2.87. The number of rotatable bonds is 4. The minimum Gasteiger partial charge on any atom is -0.481 e. The number of hydrogen-bond acceptors (Lipinski definition) is 3. The van der Waals surface area contributed by atoms with Crippen molar-refractivity contribution in [2.24, 2.45) is 5.92 Å². The molecule has 1 heterocycles. The second-order valence-corrected chi connectivity index (χ2v) is 5.01. The lowest BCUT2D eigenvalue weighted by Crippen LogP contribution is -2.48. The van der Waals surface area contributed by atoms with Gasteiger partial charge in [0.2, 0.25) is 0 Å². The van der Waals surface area contributed by atoms with Gasteiger partial charge in [-0.25, -0.2) is 0 Å². The van der Waals surface area contributed by atoms with Crippen LogP contribution in [0.15, 0.2) is 24.3 Å². The molecule has 1 aliphatic rings. The summed E-state index contributed by atoms with van der Waals surface area (Å²) in [6.45, 7) is 4.57. The topological polar surface area (TPSA) is 66.8 Å². The molecule has 0 fully saturated rings. The monoisotopic (exact) mass is 263 g/mol. The van der Waals surface area contributed by atoms with E-state index in [1.807, 2.05) is 26.0 Å². The fourth-order valence-electron chi connectivity index (χ4n) is 2.12. The number of carbonyl (C=O) groups is 2. The largest absolute Gasteiger partial charge is 0.481 e. The smallest absolute Gasteiger partial charge is 0.307 e. The number of nitrogens with zero attached hydrogens (tertiary/aromatic N) is 1. The van der Waals surface area contributed by atoms with Crippen LogP contribution in [-0.4, -0.2) is 29.6 Å². The molecule has 0 aromatic heterocycles. The molecule has 5 heteroatoms. The lowest BCUT2D eigenvalue weighted by molar-refractivity contribution is -0.142. The zero-order valence-corrected chi connectivity index (χ0v) is 11.0. The number of para-hydroxylation sites is 2. The number of carbonyl (C=O) groups excluding carboxylic acids is 1. The van der Waals surface area contributed by atoms with E-state index >= 15 is 0 Å². The molecule has 19 heavy (non-hydrogen) atoms. The third kappa shape index (κ3) is 2.86. The molecule has 5 nitrogen and oxygen atoms in total. The molecule has 1 aromatic carbocycles. The van der Waals surface area contributed by atoms with E-state index in [9.17, 15) is 9.59 Å². The summed E-state index contributed by atoms with van der Waals surface area (Å²) in [4.78, 5) is 24.7. The maximum absolute atomic E-state index is 12.3. The van der Waals surface area contributed by atoms with Gasteiger partial charge in [-0.2, -0.15) is 0 Å². The molecule has 0 radical (unpaired) electrons. The van der Waals surface area contributed by atoms with Gasteiger partial charge in [0.25, 0.3) is 5.91 Å². The molecule has 1 atom stereocenters. The Morgan fingerprint density at radius 3 is 2.74 bits per heavy atom. The van der Waals surface area contributed by atoms with Crippen molar-refractivity contribution in [3.05, 3.63) is 24.3 Å². The van der Waals surface area contributed by atoms with Crippen LogP contribution in [0.4, 0.5) is 5.69 Å². The van der Waals surface area contributed by atoms with Gasteiger partial charge in [0, 0.05) is 6.54 Å². The molecule has 0 saturated heterocycles. The summed E-state index contributed by atoms with van der Waals surface area (Å²) in [5.41, 5.74) is 0.711. The number of amides is 1. The van der Waals surface area contributed by atoms with E-state index in [2.05, 4.69) is 0 Å². The summed E-state index contributed by atoms with van der Waals surface area (Å²) in [7, 11) is 0. The number of hydrogen-bond donors (Lipinski definition) is 1. The predicted octanol–water partition coefficient (Wildman–Crippen LogP) is 1.91. The van der Waals surface area contributed by atoms with E-state index in [0.29, 0.717) is 23.9 Å². The van der Waals surface area contributed by atoms with Crippen molar-refractivity contribution in [2.45, 2.75) is 26.4 Å². The molecule has 0 aliphatic carbocycles.